The third-order valence-corrected chi connectivity index (χ3v) is 2.89. The molecule has 14 heavy (non-hydrogen) atoms. The van der Waals surface area contributed by atoms with Crippen molar-refractivity contribution in [2.45, 2.75) is 26.8 Å². The SMILES string of the molecule is Cc1nc(N2CCNCC2C)[nH]c1C. The Hall–Kier alpha value is -1.03. The number of hydrogen-bond acceptors (Lipinski definition) is 3. The predicted octanol–water partition coefficient (Wildman–Crippen LogP) is 0.825. The van der Waals surface area contributed by atoms with Crippen LogP contribution in [0, 0.1) is 13.8 Å². The van der Waals surface area contributed by atoms with Crippen molar-refractivity contribution in [2.24, 2.45) is 0 Å². The lowest BCUT2D eigenvalue weighted by Gasteiger charge is -2.33. The summed E-state index contributed by atoms with van der Waals surface area (Å²) in [7, 11) is 0. The second kappa shape index (κ2) is 3.61. The molecular formula is C10H18N4. The van der Waals surface area contributed by atoms with Gasteiger partial charge in [0.05, 0.1) is 5.69 Å². The fourth-order valence-electron chi connectivity index (χ4n) is 1.82. The van der Waals surface area contributed by atoms with Gasteiger partial charge in [-0.3, -0.25) is 0 Å². The molecule has 0 bridgehead atoms. The summed E-state index contributed by atoms with van der Waals surface area (Å²) in [5.41, 5.74) is 2.27. The van der Waals surface area contributed by atoms with Crippen LogP contribution in [-0.2, 0) is 0 Å². The van der Waals surface area contributed by atoms with Gasteiger partial charge in [-0.25, -0.2) is 4.98 Å². The van der Waals surface area contributed by atoms with Crippen molar-refractivity contribution in [3.63, 3.8) is 0 Å². The molecule has 1 aliphatic rings. The average molecular weight is 194 g/mol. The number of aromatic nitrogens is 2. The van der Waals surface area contributed by atoms with Crippen molar-refractivity contribution in [3.8, 4) is 0 Å². The Morgan fingerprint density at radius 3 is 2.79 bits per heavy atom. The Kier molecular flexibility index (Phi) is 2.46. The fraction of sp³-hybridized carbons (Fsp3) is 0.700. The van der Waals surface area contributed by atoms with Crippen LogP contribution in [0.25, 0.3) is 0 Å². The van der Waals surface area contributed by atoms with E-state index in [0.29, 0.717) is 6.04 Å². The number of hydrogen-bond donors (Lipinski definition) is 2. The molecule has 78 valence electrons. The van der Waals surface area contributed by atoms with Gasteiger partial charge >= 0.3 is 0 Å². The first kappa shape index (κ1) is 9.52. The number of rotatable bonds is 1. The number of nitrogens with zero attached hydrogens (tertiary/aromatic N) is 2. The molecule has 0 amide bonds. The van der Waals surface area contributed by atoms with Crippen molar-refractivity contribution in [3.05, 3.63) is 11.4 Å². The molecule has 0 spiro atoms. The fourth-order valence-corrected chi connectivity index (χ4v) is 1.82. The molecule has 2 rings (SSSR count). The lowest BCUT2D eigenvalue weighted by molar-refractivity contribution is 0.494. The minimum Gasteiger partial charge on any atom is -0.337 e. The molecule has 1 unspecified atom stereocenters. The van der Waals surface area contributed by atoms with Crippen LogP contribution >= 0.6 is 0 Å². The highest BCUT2D eigenvalue weighted by molar-refractivity contribution is 5.36. The number of imidazole rings is 1. The van der Waals surface area contributed by atoms with E-state index in [-0.39, 0.29) is 0 Å². The topological polar surface area (TPSA) is 44.0 Å². The van der Waals surface area contributed by atoms with E-state index in [0.717, 1.165) is 31.3 Å². The first-order chi connectivity index (χ1) is 6.68. The Morgan fingerprint density at radius 1 is 1.43 bits per heavy atom. The van der Waals surface area contributed by atoms with E-state index in [2.05, 4.69) is 34.0 Å². The van der Waals surface area contributed by atoms with Crippen molar-refractivity contribution < 1.29 is 0 Å². The summed E-state index contributed by atoms with van der Waals surface area (Å²) in [5.74, 6) is 1.02. The van der Waals surface area contributed by atoms with Crippen LogP contribution in [0.1, 0.15) is 18.3 Å². The summed E-state index contributed by atoms with van der Waals surface area (Å²) >= 11 is 0. The van der Waals surface area contributed by atoms with Gasteiger partial charge < -0.3 is 15.2 Å². The molecule has 2 heterocycles. The van der Waals surface area contributed by atoms with Gasteiger partial charge in [0.15, 0.2) is 0 Å². The molecule has 0 aromatic carbocycles. The summed E-state index contributed by atoms with van der Waals surface area (Å²) in [6, 6.07) is 0.522. The van der Waals surface area contributed by atoms with E-state index in [4.69, 9.17) is 0 Å². The van der Waals surface area contributed by atoms with Crippen LogP contribution < -0.4 is 10.2 Å². The van der Waals surface area contributed by atoms with Crippen LogP contribution in [0.3, 0.4) is 0 Å². The normalized spacial score (nSPS) is 22.8. The van der Waals surface area contributed by atoms with Crippen molar-refractivity contribution in [1.29, 1.82) is 0 Å². The van der Waals surface area contributed by atoms with Crippen LogP contribution in [0.2, 0.25) is 0 Å². The maximum atomic E-state index is 4.53. The quantitative estimate of drug-likeness (QED) is 0.696. The number of H-pyrrole nitrogens is 1. The van der Waals surface area contributed by atoms with Gasteiger partial charge in [-0.2, -0.15) is 0 Å². The number of aromatic amines is 1. The van der Waals surface area contributed by atoms with Gasteiger partial charge in [-0.15, -0.1) is 0 Å². The Labute approximate surface area is 84.7 Å². The maximum Gasteiger partial charge on any atom is 0.203 e. The van der Waals surface area contributed by atoms with E-state index in [1.165, 1.54) is 5.69 Å². The van der Waals surface area contributed by atoms with Gasteiger partial charge in [0, 0.05) is 31.4 Å². The molecule has 1 aromatic rings. The molecule has 0 saturated carbocycles. The van der Waals surface area contributed by atoms with Crippen LogP contribution in [-0.4, -0.2) is 35.6 Å². The van der Waals surface area contributed by atoms with Gasteiger partial charge in [0.2, 0.25) is 5.95 Å². The molecule has 1 aliphatic heterocycles. The third-order valence-electron chi connectivity index (χ3n) is 2.89. The molecule has 1 saturated heterocycles. The van der Waals surface area contributed by atoms with E-state index >= 15 is 0 Å². The van der Waals surface area contributed by atoms with Gasteiger partial charge in [0.25, 0.3) is 0 Å². The van der Waals surface area contributed by atoms with E-state index in [1.807, 2.05) is 6.92 Å². The van der Waals surface area contributed by atoms with E-state index < -0.39 is 0 Å². The number of nitrogens with one attached hydrogen (secondary N) is 2. The van der Waals surface area contributed by atoms with Crippen molar-refractivity contribution in [2.75, 3.05) is 24.5 Å². The number of aryl methyl sites for hydroxylation is 2. The standard InChI is InChI=1S/C10H18N4/c1-7-6-11-4-5-14(7)10-12-8(2)9(3)13-10/h7,11H,4-6H2,1-3H3,(H,12,13). The Morgan fingerprint density at radius 2 is 2.21 bits per heavy atom. The number of anilines is 1. The lowest BCUT2D eigenvalue weighted by atomic mass is 10.2. The number of piperazine rings is 1. The highest BCUT2D eigenvalue weighted by atomic mass is 15.3. The van der Waals surface area contributed by atoms with Crippen molar-refractivity contribution >= 4 is 5.95 Å². The molecule has 1 fully saturated rings. The van der Waals surface area contributed by atoms with Gasteiger partial charge in [-0.05, 0) is 20.8 Å². The second-order valence-electron chi connectivity index (χ2n) is 4.02. The molecule has 1 aromatic heterocycles. The largest absolute Gasteiger partial charge is 0.337 e. The van der Waals surface area contributed by atoms with Crippen LogP contribution in [0.15, 0.2) is 0 Å². The first-order valence-electron chi connectivity index (χ1n) is 5.19. The Balaban J connectivity index is 2.20. The third kappa shape index (κ3) is 1.62. The molecule has 1 atom stereocenters. The molecule has 4 heteroatoms. The summed E-state index contributed by atoms with van der Waals surface area (Å²) in [6.45, 7) is 9.45. The van der Waals surface area contributed by atoms with E-state index in [1.54, 1.807) is 0 Å². The van der Waals surface area contributed by atoms with Gasteiger partial charge in [-0.1, -0.05) is 0 Å². The van der Waals surface area contributed by atoms with Crippen LogP contribution in [0.4, 0.5) is 5.95 Å². The maximum absolute atomic E-state index is 4.53. The van der Waals surface area contributed by atoms with E-state index in [9.17, 15) is 0 Å². The summed E-state index contributed by atoms with van der Waals surface area (Å²) in [4.78, 5) is 10.2. The minimum atomic E-state index is 0.522. The summed E-state index contributed by atoms with van der Waals surface area (Å²) in [6.07, 6.45) is 0. The summed E-state index contributed by atoms with van der Waals surface area (Å²) < 4.78 is 0. The zero-order chi connectivity index (χ0) is 10.1. The average Bonchev–Trinajstić information content (AvgIpc) is 2.48. The van der Waals surface area contributed by atoms with Gasteiger partial charge in [0.1, 0.15) is 0 Å². The zero-order valence-corrected chi connectivity index (χ0v) is 9.09. The van der Waals surface area contributed by atoms with Crippen LogP contribution in [0.5, 0.6) is 0 Å². The molecule has 2 N–H and O–H groups in total. The second-order valence-corrected chi connectivity index (χ2v) is 4.02. The highest BCUT2D eigenvalue weighted by Gasteiger charge is 2.20. The zero-order valence-electron chi connectivity index (χ0n) is 9.09. The lowest BCUT2D eigenvalue weighted by Crippen LogP contribution is -2.50. The molecular weight excluding hydrogens is 176 g/mol. The highest BCUT2D eigenvalue weighted by Crippen LogP contribution is 2.16. The predicted molar refractivity (Wildman–Crippen MR) is 57.7 cm³/mol. The van der Waals surface area contributed by atoms with Crippen molar-refractivity contribution in [1.82, 2.24) is 15.3 Å². The minimum absolute atomic E-state index is 0.522. The smallest absolute Gasteiger partial charge is 0.203 e. The Bertz CT molecular complexity index is 298. The summed E-state index contributed by atoms with van der Waals surface area (Å²) in [5, 5.41) is 3.37. The first-order valence-corrected chi connectivity index (χ1v) is 5.19. The molecule has 4 nitrogen and oxygen atoms in total. The molecule has 0 radical (unpaired) electrons. The monoisotopic (exact) mass is 194 g/mol. The molecule has 0 aliphatic carbocycles.